The van der Waals surface area contributed by atoms with Crippen molar-refractivity contribution in [3.63, 3.8) is 0 Å². The summed E-state index contributed by atoms with van der Waals surface area (Å²) in [7, 11) is 0. The summed E-state index contributed by atoms with van der Waals surface area (Å²) in [5.41, 5.74) is 0.0208. The van der Waals surface area contributed by atoms with Crippen LogP contribution in [0.25, 0.3) is 0 Å². The Morgan fingerprint density at radius 1 is 1.35 bits per heavy atom. The predicted octanol–water partition coefficient (Wildman–Crippen LogP) is 2.18. The van der Waals surface area contributed by atoms with Gasteiger partial charge in [0.05, 0.1) is 6.42 Å². The maximum absolute atomic E-state index is 11.7. The van der Waals surface area contributed by atoms with Gasteiger partial charge in [0.15, 0.2) is 0 Å². The predicted molar refractivity (Wildman–Crippen MR) is 65.6 cm³/mol. The zero-order valence-electron chi connectivity index (χ0n) is 11.0. The van der Waals surface area contributed by atoms with Crippen molar-refractivity contribution < 1.29 is 14.7 Å². The van der Waals surface area contributed by atoms with Crippen LogP contribution >= 0.6 is 0 Å². The number of rotatable bonds is 6. The molecular weight excluding hydrogens is 218 g/mol. The molecule has 1 aliphatic carbocycles. The van der Waals surface area contributed by atoms with Crippen LogP contribution in [0, 0.1) is 11.3 Å². The number of carbonyl (C=O) groups is 2. The molecule has 0 aromatic heterocycles. The normalized spacial score (nSPS) is 17.6. The van der Waals surface area contributed by atoms with E-state index in [1.807, 2.05) is 0 Å². The number of hydrogen-bond donors (Lipinski definition) is 2. The molecule has 0 aliphatic heterocycles. The van der Waals surface area contributed by atoms with Gasteiger partial charge in [0.1, 0.15) is 0 Å². The van der Waals surface area contributed by atoms with Gasteiger partial charge >= 0.3 is 5.97 Å². The summed E-state index contributed by atoms with van der Waals surface area (Å²) >= 11 is 0. The van der Waals surface area contributed by atoms with E-state index in [0.717, 1.165) is 12.8 Å². The Kier molecular flexibility index (Phi) is 4.54. The van der Waals surface area contributed by atoms with Crippen LogP contribution in [0.3, 0.4) is 0 Å². The van der Waals surface area contributed by atoms with E-state index in [1.165, 1.54) is 0 Å². The monoisotopic (exact) mass is 241 g/mol. The van der Waals surface area contributed by atoms with Crippen LogP contribution in [0.1, 0.15) is 52.9 Å². The molecule has 17 heavy (non-hydrogen) atoms. The maximum Gasteiger partial charge on any atom is 0.305 e. The van der Waals surface area contributed by atoms with E-state index >= 15 is 0 Å². The highest BCUT2D eigenvalue weighted by Gasteiger charge is 2.27. The molecule has 2 N–H and O–H groups in total. The number of carboxylic acid groups (broad SMARTS) is 1. The van der Waals surface area contributed by atoms with Gasteiger partial charge in [-0.2, -0.15) is 0 Å². The lowest BCUT2D eigenvalue weighted by Gasteiger charge is -2.25. The van der Waals surface area contributed by atoms with Crippen LogP contribution in [-0.2, 0) is 9.59 Å². The maximum atomic E-state index is 11.7. The van der Waals surface area contributed by atoms with Crippen molar-refractivity contribution in [3.05, 3.63) is 0 Å². The van der Waals surface area contributed by atoms with E-state index in [2.05, 4.69) is 26.1 Å². The Hall–Kier alpha value is -1.06. The molecule has 4 heteroatoms. The number of aliphatic carboxylic acids is 1. The minimum absolute atomic E-state index is 0.00278. The smallest absolute Gasteiger partial charge is 0.305 e. The van der Waals surface area contributed by atoms with E-state index in [9.17, 15) is 9.59 Å². The molecule has 0 aromatic rings. The lowest BCUT2D eigenvalue weighted by atomic mass is 9.87. The molecule has 0 heterocycles. The molecule has 1 rings (SSSR count). The number of amides is 1. The third kappa shape index (κ3) is 6.97. The Morgan fingerprint density at radius 2 is 1.94 bits per heavy atom. The zero-order chi connectivity index (χ0) is 13.1. The fraction of sp³-hybridized carbons (Fsp3) is 0.846. The molecule has 4 nitrogen and oxygen atoms in total. The Labute approximate surface area is 103 Å². The number of carboxylic acids is 1. The first kappa shape index (κ1) is 14.0. The fourth-order valence-electron chi connectivity index (χ4n) is 1.99. The number of carbonyl (C=O) groups excluding carboxylic acids is 1. The first-order valence-electron chi connectivity index (χ1n) is 6.27. The van der Waals surface area contributed by atoms with Crippen molar-refractivity contribution in [2.24, 2.45) is 11.3 Å². The van der Waals surface area contributed by atoms with E-state index < -0.39 is 5.97 Å². The average Bonchev–Trinajstić information content (AvgIpc) is 2.82. The Balaban J connectivity index is 2.43. The molecule has 1 atom stereocenters. The van der Waals surface area contributed by atoms with Gasteiger partial charge in [-0.05, 0) is 30.6 Å². The minimum atomic E-state index is -0.856. The van der Waals surface area contributed by atoms with Gasteiger partial charge in [-0.25, -0.2) is 0 Å². The van der Waals surface area contributed by atoms with Crippen molar-refractivity contribution in [3.8, 4) is 0 Å². The second-order valence-electron chi connectivity index (χ2n) is 6.27. The molecule has 0 spiro atoms. The molecule has 1 amide bonds. The molecular formula is C13H23NO3. The molecule has 0 aromatic carbocycles. The molecule has 0 saturated heterocycles. The second kappa shape index (κ2) is 5.52. The van der Waals surface area contributed by atoms with Gasteiger partial charge in [0.2, 0.25) is 5.91 Å². The van der Waals surface area contributed by atoms with Crippen molar-refractivity contribution in [2.45, 2.75) is 58.9 Å². The summed E-state index contributed by atoms with van der Waals surface area (Å²) in [5.74, 6) is -0.316. The van der Waals surface area contributed by atoms with Gasteiger partial charge in [0, 0.05) is 12.5 Å². The third-order valence-corrected chi connectivity index (χ3v) is 2.82. The van der Waals surface area contributed by atoms with Gasteiger partial charge < -0.3 is 10.4 Å². The highest BCUT2D eigenvalue weighted by atomic mass is 16.4. The summed E-state index contributed by atoms with van der Waals surface area (Å²) in [4.78, 5) is 22.4. The Morgan fingerprint density at radius 3 is 2.35 bits per heavy atom. The SMILES string of the molecule is CC(C)(C)CC(CC(=O)O)NC(=O)CC1CC1. The van der Waals surface area contributed by atoms with Crippen LogP contribution < -0.4 is 5.32 Å². The molecule has 1 fully saturated rings. The summed E-state index contributed by atoms with van der Waals surface area (Å²) < 4.78 is 0. The first-order valence-corrected chi connectivity index (χ1v) is 6.27. The molecule has 1 aliphatic rings. The van der Waals surface area contributed by atoms with Gasteiger partial charge in [-0.3, -0.25) is 9.59 Å². The lowest BCUT2D eigenvalue weighted by Crippen LogP contribution is -2.39. The van der Waals surface area contributed by atoms with Crippen molar-refractivity contribution in [1.29, 1.82) is 0 Å². The van der Waals surface area contributed by atoms with Crippen LogP contribution in [-0.4, -0.2) is 23.0 Å². The molecule has 0 bridgehead atoms. The van der Waals surface area contributed by atoms with E-state index in [4.69, 9.17) is 5.11 Å². The van der Waals surface area contributed by atoms with E-state index in [0.29, 0.717) is 18.8 Å². The minimum Gasteiger partial charge on any atom is -0.481 e. The summed E-state index contributed by atoms with van der Waals surface area (Å²) in [6.07, 6.45) is 3.52. The first-order chi connectivity index (χ1) is 7.76. The number of hydrogen-bond acceptors (Lipinski definition) is 2. The average molecular weight is 241 g/mol. The quantitative estimate of drug-likeness (QED) is 0.749. The van der Waals surface area contributed by atoms with Gasteiger partial charge in [0.25, 0.3) is 0 Å². The number of nitrogens with one attached hydrogen (secondary N) is 1. The molecule has 1 saturated carbocycles. The van der Waals surface area contributed by atoms with Crippen LogP contribution in [0.4, 0.5) is 0 Å². The Bertz CT molecular complexity index is 290. The molecule has 0 radical (unpaired) electrons. The fourth-order valence-corrected chi connectivity index (χ4v) is 1.99. The van der Waals surface area contributed by atoms with Crippen molar-refractivity contribution >= 4 is 11.9 Å². The van der Waals surface area contributed by atoms with Crippen molar-refractivity contribution in [2.75, 3.05) is 0 Å². The van der Waals surface area contributed by atoms with Crippen LogP contribution in [0.5, 0.6) is 0 Å². The third-order valence-electron chi connectivity index (χ3n) is 2.82. The summed E-state index contributed by atoms with van der Waals surface area (Å²) in [6, 6.07) is -0.251. The zero-order valence-corrected chi connectivity index (χ0v) is 11.0. The topological polar surface area (TPSA) is 66.4 Å². The standard InChI is InChI=1S/C13H23NO3/c1-13(2,3)8-10(7-12(16)17)14-11(15)6-9-4-5-9/h9-10H,4-8H2,1-3H3,(H,14,15)(H,16,17). The van der Waals surface area contributed by atoms with Gasteiger partial charge in [-0.1, -0.05) is 20.8 Å². The second-order valence-corrected chi connectivity index (χ2v) is 6.27. The van der Waals surface area contributed by atoms with Gasteiger partial charge in [-0.15, -0.1) is 0 Å². The van der Waals surface area contributed by atoms with E-state index in [1.54, 1.807) is 0 Å². The molecule has 1 unspecified atom stereocenters. The van der Waals surface area contributed by atoms with Crippen molar-refractivity contribution in [1.82, 2.24) is 5.32 Å². The highest BCUT2D eigenvalue weighted by molar-refractivity contribution is 5.77. The lowest BCUT2D eigenvalue weighted by molar-refractivity contribution is -0.137. The molecule has 98 valence electrons. The highest BCUT2D eigenvalue weighted by Crippen LogP contribution is 2.32. The summed E-state index contributed by atoms with van der Waals surface area (Å²) in [5, 5.41) is 11.7. The van der Waals surface area contributed by atoms with E-state index in [-0.39, 0.29) is 23.8 Å². The van der Waals surface area contributed by atoms with Crippen LogP contribution in [0.2, 0.25) is 0 Å². The van der Waals surface area contributed by atoms with Crippen LogP contribution in [0.15, 0.2) is 0 Å². The largest absolute Gasteiger partial charge is 0.481 e. The summed E-state index contributed by atoms with van der Waals surface area (Å²) in [6.45, 7) is 6.15.